The number of hydrogen-bond donors (Lipinski definition) is 1. The SMILES string of the molecule is OCCOc1ccc(C=Cc2ccccc2)cc1. The average Bonchev–Trinajstić information content (AvgIpc) is 2.45. The first kappa shape index (κ1) is 12.4. The first-order valence-electron chi connectivity index (χ1n) is 5.95. The summed E-state index contributed by atoms with van der Waals surface area (Å²) < 4.78 is 5.30. The fourth-order valence-corrected chi connectivity index (χ4v) is 1.60. The molecule has 0 unspecified atom stereocenters. The van der Waals surface area contributed by atoms with Crippen molar-refractivity contribution in [3.05, 3.63) is 65.7 Å². The van der Waals surface area contributed by atoms with Gasteiger partial charge in [-0.05, 0) is 23.3 Å². The van der Waals surface area contributed by atoms with Crippen molar-refractivity contribution in [3.8, 4) is 5.75 Å². The first-order chi connectivity index (χ1) is 8.88. The molecule has 0 atom stereocenters. The molecule has 0 saturated carbocycles. The smallest absolute Gasteiger partial charge is 0.119 e. The minimum Gasteiger partial charge on any atom is -0.491 e. The summed E-state index contributed by atoms with van der Waals surface area (Å²) in [7, 11) is 0. The van der Waals surface area contributed by atoms with Crippen molar-refractivity contribution in [2.75, 3.05) is 13.2 Å². The predicted molar refractivity (Wildman–Crippen MR) is 74.4 cm³/mol. The average molecular weight is 240 g/mol. The Morgan fingerprint density at radius 1 is 0.833 bits per heavy atom. The number of ether oxygens (including phenoxy) is 1. The molecule has 92 valence electrons. The molecule has 0 aliphatic heterocycles. The molecule has 0 aliphatic rings. The van der Waals surface area contributed by atoms with E-state index in [4.69, 9.17) is 9.84 Å². The first-order valence-corrected chi connectivity index (χ1v) is 5.95. The Kier molecular flexibility index (Phi) is 4.56. The van der Waals surface area contributed by atoms with Gasteiger partial charge in [-0.3, -0.25) is 0 Å². The minimum atomic E-state index is 0.0374. The number of hydrogen-bond acceptors (Lipinski definition) is 2. The van der Waals surface area contributed by atoms with Crippen LogP contribution in [0, 0.1) is 0 Å². The summed E-state index contributed by atoms with van der Waals surface area (Å²) >= 11 is 0. The summed E-state index contributed by atoms with van der Waals surface area (Å²) in [5.74, 6) is 0.779. The lowest BCUT2D eigenvalue weighted by molar-refractivity contribution is 0.201. The second-order valence-electron chi connectivity index (χ2n) is 3.89. The van der Waals surface area contributed by atoms with Gasteiger partial charge in [0, 0.05) is 0 Å². The summed E-state index contributed by atoms with van der Waals surface area (Å²) in [5, 5.41) is 8.66. The van der Waals surface area contributed by atoms with Gasteiger partial charge in [0.05, 0.1) is 6.61 Å². The van der Waals surface area contributed by atoms with Gasteiger partial charge < -0.3 is 9.84 Å². The van der Waals surface area contributed by atoms with Crippen LogP contribution in [0.25, 0.3) is 12.2 Å². The second-order valence-corrected chi connectivity index (χ2v) is 3.89. The van der Waals surface area contributed by atoms with Crippen LogP contribution in [0.2, 0.25) is 0 Å². The number of benzene rings is 2. The summed E-state index contributed by atoms with van der Waals surface area (Å²) in [5.41, 5.74) is 2.30. The molecule has 18 heavy (non-hydrogen) atoms. The second kappa shape index (κ2) is 6.62. The molecule has 0 saturated heterocycles. The molecule has 1 N–H and O–H groups in total. The Balaban J connectivity index is 2.00. The van der Waals surface area contributed by atoms with Crippen LogP contribution < -0.4 is 4.74 Å². The van der Waals surface area contributed by atoms with Crippen molar-refractivity contribution >= 4 is 12.2 Å². The predicted octanol–water partition coefficient (Wildman–Crippen LogP) is 3.23. The van der Waals surface area contributed by atoms with Gasteiger partial charge in [-0.25, -0.2) is 0 Å². The van der Waals surface area contributed by atoms with Crippen molar-refractivity contribution in [2.45, 2.75) is 0 Å². The van der Waals surface area contributed by atoms with E-state index >= 15 is 0 Å². The molecule has 2 aromatic rings. The summed E-state index contributed by atoms with van der Waals surface area (Å²) in [6.07, 6.45) is 4.13. The van der Waals surface area contributed by atoms with Gasteiger partial charge in [0.2, 0.25) is 0 Å². The van der Waals surface area contributed by atoms with Crippen LogP contribution in [0.5, 0.6) is 5.75 Å². The molecular weight excluding hydrogens is 224 g/mol. The zero-order valence-electron chi connectivity index (χ0n) is 10.1. The van der Waals surface area contributed by atoms with Crippen LogP contribution in [0.1, 0.15) is 11.1 Å². The Labute approximate surface area is 107 Å². The molecule has 0 amide bonds. The fraction of sp³-hybridized carbons (Fsp3) is 0.125. The standard InChI is InChI=1S/C16H16O2/c17-12-13-18-16-10-8-15(9-11-16)7-6-14-4-2-1-3-5-14/h1-11,17H,12-13H2. The molecule has 0 bridgehead atoms. The molecule has 2 rings (SSSR count). The Morgan fingerprint density at radius 2 is 1.44 bits per heavy atom. The maximum atomic E-state index is 8.66. The fourth-order valence-electron chi connectivity index (χ4n) is 1.60. The quantitative estimate of drug-likeness (QED) is 0.813. The third-order valence-corrected chi connectivity index (χ3v) is 2.51. The van der Waals surface area contributed by atoms with E-state index < -0.39 is 0 Å². The number of aliphatic hydroxyl groups is 1. The Morgan fingerprint density at radius 3 is 2.06 bits per heavy atom. The Bertz CT molecular complexity index is 486. The van der Waals surface area contributed by atoms with Crippen LogP contribution in [0.15, 0.2) is 54.6 Å². The van der Waals surface area contributed by atoms with E-state index in [0.29, 0.717) is 6.61 Å². The van der Waals surface area contributed by atoms with Crippen molar-refractivity contribution in [2.24, 2.45) is 0 Å². The molecule has 0 spiro atoms. The van der Waals surface area contributed by atoms with Crippen LogP contribution in [-0.2, 0) is 0 Å². The lowest BCUT2D eigenvalue weighted by atomic mass is 10.1. The van der Waals surface area contributed by atoms with Gasteiger partial charge in [0.1, 0.15) is 12.4 Å². The highest BCUT2D eigenvalue weighted by Gasteiger charge is 1.92. The van der Waals surface area contributed by atoms with E-state index in [1.807, 2.05) is 42.5 Å². The van der Waals surface area contributed by atoms with Gasteiger partial charge in [-0.15, -0.1) is 0 Å². The summed E-state index contributed by atoms with van der Waals surface area (Å²) in [6.45, 7) is 0.370. The zero-order chi connectivity index (χ0) is 12.6. The third kappa shape index (κ3) is 3.75. The molecule has 2 heteroatoms. The van der Waals surface area contributed by atoms with E-state index in [2.05, 4.69) is 24.3 Å². The Hall–Kier alpha value is -2.06. The van der Waals surface area contributed by atoms with Crippen LogP contribution in [0.3, 0.4) is 0 Å². The van der Waals surface area contributed by atoms with Crippen molar-refractivity contribution in [1.29, 1.82) is 0 Å². The van der Waals surface area contributed by atoms with E-state index in [1.165, 1.54) is 5.56 Å². The van der Waals surface area contributed by atoms with Gasteiger partial charge in [-0.1, -0.05) is 54.6 Å². The van der Waals surface area contributed by atoms with Gasteiger partial charge in [0.25, 0.3) is 0 Å². The maximum Gasteiger partial charge on any atom is 0.119 e. The highest BCUT2D eigenvalue weighted by Crippen LogP contribution is 2.14. The number of aliphatic hydroxyl groups excluding tert-OH is 1. The molecule has 0 radical (unpaired) electrons. The van der Waals surface area contributed by atoms with E-state index in [0.717, 1.165) is 11.3 Å². The molecule has 0 aromatic heterocycles. The molecule has 2 aromatic carbocycles. The lowest BCUT2D eigenvalue weighted by Crippen LogP contribution is -2.01. The monoisotopic (exact) mass is 240 g/mol. The topological polar surface area (TPSA) is 29.5 Å². The van der Waals surface area contributed by atoms with Gasteiger partial charge in [0.15, 0.2) is 0 Å². The number of rotatable bonds is 5. The highest BCUT2D eigenvalue weighted by atomic mass is 16.5. The molecule has 0 aliphatic carbocycles. The van der Waals surface area contributed by atoms with Crippen molar-refractivity contribution in [1.82, 2.24) is 0 Å². The van der Waals surface area contributed by atoms with Gasteiger partial charge >= 0.3 is 0 Å². The summed E-state index contributed by atoms with van der Waals surface area (Å²) in [4.78, 5) is 0. The van der Waals surface area contributed by atoms with Crippen LogP contribution >= 0.6 is 0 Å². The van der Waals surface area contributed by atoms with Crippen molar-refractivity contribution < 1.29 is 9.84 Å². The van der Waals surface area contributed by atoms with Gasteiger partial charge in [-0.2, -0.15) is 0 Å². The van der Waals surface area contributed by atoms with E-state index in [1.54, 1.807) is 0 Å². The normalized spacial score (nSPS) is 10.7. The lowest BCUT2D eigenvalue weighted by Gasteiger charge is -2.03. The maximum absolute atomic E-state index is 8.66. The van der Waals surface area contributed by atoms with Crippen molar-refractivity contribution in [3.63, 3.8) is 0 Å². The van der Waals surface area contributed by atoms with E-state index in [-0.39, 0.29) is 6.61 Å². The van der Waals surface area contributed by atoms with Crippen LogP contribution in [0.4, 0.5) is 0 Å². The highest BCUT2D eigenvalue weighted by molar-refractivity contribution is 5.69. The molecule has 0 heterocycles. The third-order valence-electron chi connectivity index (χ3n) is 2.51. The zero-order valence-corrected chi connectivity index (χ0v) is 10.1. The molecule has 2 nitrogen and oxygen atoms in total. The van der Waals surface area contributed by atoms with E-state index in [9.17, 15) is 0 Å². The minimum absolute atomic E-state index is 0.0374. The largest absolute Gasteiger partial charge is 0.491 e. The van der Waals surface area contributed by atoms with Crippen LogP contribution in [-0.4, -0.2) is 18.3 Å². The summed E-state index contributed by atoms with van der Waals surface area (Å²) in [6, 6.07) is 18.0. The molecule has 0 fully saturated rings. The molecular formula is C16H16O2.